The van der Waals surface area contributed by atoms with Gasteiger partial charge in [-0.15, -0.1) is 0 Å². The zero-order chi connectivity index (χ0) is 13.8. The maximum atomic E-state index is 5.82. The van der Waals surface area contributed by atoms with Gasteiger partial charge in [0.25, 0.3) is 0 Å². The van der Waals surface area contributed by atoms with Crippen molar-refractivity contribution in [1.82, 2.24) is 4.90 Å². The summed E-state index contributed by atoms with van der Waals surface area (Å²) in [5.41, 5.74) is 6.45. The molecular formula is C14H19BrN2OS. The van der Waals surface area contributed by atoms with Crippen LogP contribution in [0.3, 0.4) is 0 Å². The van der Waals surface area contributed by atoms with Crippen LogP contribution in [0.4, 0.5) is 0 Å². The van der Waals surface area contributed by atoms with Crippen LogP contribution in [-0.2, 0) is 0 Å². The summed E-state index contributed by atoms with van der Waals surface area (Å²) >= 11 is 8.44. The molecule has 5 heteroatoms. The van der Waals surface area contributed by atoms with Crippen LogP contribution < -0.4 is 10.5 Å². The van der Waals surface area contributed by atoms with Gasteiger partial charge < -0.3 is 15.4 Å². The van der Waals surface area contributed by atoms with Gasteiger partial charge in [-0.2, -0.15) is 0 Å². The predicted octanol–water partition coefficient (Wildman–Crippen LogP) is 2.95. The van der Waals surface area contributed by atoms with Gasteiger partial charge in [-0.05, 0) is 67.0 Å². The Balaban J connectivity index is 1.87. The highest BCUT2D eigenvalue weighted by molar-refractivity contribution is 9.10. The molecule has 104 valence electrons. The van der Waals surface area contributed by atoms with Crippen LogP contribution in [0.1, 0.15) is 24.8 Å². The molecule has 2 N–H and O–H groups in total. The number of likely N-dealkylation sites (tertiary alicyclic amines) is 1. The SMILES string of the molecule is CN1CCCC1CCOc1ccc(C(N)=S)cc1Br. The molecule has 0 saturated carbocycles. The zero-order valence-electron chi connectivity index (χ0n) is 11.1. The average Bonchev–Trinajstić information content (AvgIpc) is 2.77. The van der Waals surface area contributed by atoms with Crippen molar-refractivity contribution in [3.05, 3.63) is 28.2 Å². The van der Waals surface area contributed by atoms with Gasteiger partial charge in [-0.1, -0.05) is 12.2 Å². The summed E-state index contributed by atoms with van der Waals surface area (Å²) in [7, 11) is 2.19. The Labute approximate surface area is 128 Å². The van der Waals surface area contributed by atoms with E-state index in [2.05, 4.69) is 27.9 Å². The Hall–Kier alpha value is -0.650. The maximum absolute atomic E-state index is 5.82. The molecule has 3 nitrogen and oxygen atoms in total. The minimum absolute atomic E-state index is 0.403. The predicted molar refractivity (Wildman–Crippen MR) is 85.8 cm³/mol. The first-order valence-corrected chi connectivity index (χ1v) is 7.70. The van der Waals surface area contributed by atoms with Crippen LogP contribution in [0.15, 0.2) is 22.7 Å². The van der Waals surface area contributed by atoms with E-state index in [0.717, 1.165) is 28.8 Å². The van der Waals surface area contributed by atoms with Crippen molar-refractivity contribution in [2.45, 2.75) is 25.3 Å². The summed E-state index contributed by atoms with van der Waals surface area (Å²) in [5, 5.41) is 0. The minimum Gasteiger partial charge on any atom is -0.492 e. The second kappa shape index (κ2) is 6.68. The van der Waals surface area contributed by atoms with E-state index in [1.807, 2.05) is 18.2 Å². The topological polar surface area (TPSA) is 38.5 Å². The fourth-order valence-corrected chi connectivity index (χ4v) is 3.04. The maximum Gasteiger partial charge on any atom is 0.133 e. The molecule has 19 heavy (non-hydrogen) atoms. The molecule has 1 aromatic rings. The number of hydrogen-bond acceptors (Lipinski definition) is 3. The van der Waals surface area contributed by atoms with Crippen LogP contribution >= 0.6 is 28.1 Å². The molecular weight excluding hydrogens is 324 g/mol. The van der Waals surface area contributed by atoms with E-state index in [4.69, 9.17) is 22.7 Å². The molecule has 1 unspecified atom stereocenters. The molecule has 1 aromatic carbocycles. The lowest BCUT2D eigenvalue weighted by molar-refractivity contribution is 0.232. The largest absolute Gasteiger partial charge is 0.492 e. The van der Waals surface area contributed by atoms with E-state index in [-0.39, 0.29) is 0 Å². The molecule has 1 aliphatic rings. The van der Waals surface area contributed by atoms with Crippen molar-refractivity contribution in [2.75, 3.05) is 20.2 Å². The summed E-state index contributed by atoms with van der Waals surface area (Å²) in [4.78, 5) is 2.81. The van der Waals surface area contributed by atoms with Crippen LogP contribution in [0, 0.1) is 0 Å². The quantitative estimate of drug-likeness (QED) is 0.835. The average molecular weight is 343 g/mol. The number of halogens is 1. The van der Waals surface area contributed by atoms with E-state index in [9.17, 15) is 0 Å². The normalized spacial score (nSPS) is 19.6. The van der Waals surface area contributed by atoms with Gasteiger partial charge in [0.05, 0.1) is 11.1 Å². The molecule has 0 radical (unpaired) electrons. The van der Waals surface area contributed by atoms with Crippen LogP contribution in [0.5, 0.6) is 5.75 Å². The first-order chi connectivity index (χ1) is 9.08. The monoisotopic (exact) mass is 342 g/mol. The standard InChI is InChI=1S/C14H19BrN2OS/c1-17-7-2-3-11(17)6-8-18-13-5-4-10(14(16)19)9-12(13)15/h4-5,9,11H,2-3,6-8H2,1H3,(H2,16,19). The Morgan fingerprint density at radius 2 is 2.37 bits per heavy atom. The van der Waals surface area contributed by atoms with Crippen molar-refractivity contribution < 1.29 is 4.74 Å². The summed E-state index contributed by atoms with van der Waals surface area (Å²) in [6.07, 6.45) is 3.65. The smallest absolute Gasteiger partial charge is 0.133 e. The third-order valence-corrected chi connectivity index (χ3v) is 4.45. The lowest BCUT2D eigenvalue weighted by atomic mass is 10.1. The number of rotatable bonds is 5. The zero-order valence-corrected chi connectivity index (χ0v) is 13.5. The van der Waals surface area contributed by atoms with E-state index in [1.54, 1.807) is 0 Å². The molecule has 0 amide bonds. The minimum atomic E-state index is 0.403. The molecule has 0 bridgehead atoms. The molecule has 0 spiro atoms. The highest BCUT2D eigenvalue weighted by Gasteiger charge is 2.20. The Bertz CT molecular complexity index is 467. The van der Waals surface area contributed by atoms with Gasteiger partial charge in [0.1, 0.15) is 10.7 Å². The van der Waals surface area contributed by atoms with Gasteiger partial charge in [-0.3, -0.25) is 0 Å². The second-order valence-electron chi connectivity index (χ2n) is 4.92. The van der Waals surface area contributed by atoms with Crippen molar-refractivity contribution in [3.8, 4) is 5.75 Å². The van der Waals surface area contributed by atoms with Gasteiger partial charge in [0.2, 0.25) is 0 Å². The fourth-order valence-electron chi connectivity index (χ4n) is 2.42. The highest BCUT2D eigenvalue weighted by atomic mass is 79.9. The Kier molecular flexibility index (Phi) is 5.19. The number of benzene rings is 1. The van der Waals surface area contributed by atoms with Crippen LogP contribution in [-0.4, -0.2) is 36.1 Å². The second-order valence-corrected chi connectivity index (χ2v) is 6.22. The number of ether oxygens (including phenoxy) is 1. The highest BCUT2D eigenvalue weighted by Crippen LogP contribution is 2.27. The number of nitrogens with zero attached hydrogens (tertiary/aromatic N) is 1. The molecule has 1 aliphatic heterocycles. The number of thiocarbonyl (C=S) groups is 1. The van der Waals surface area contributed by atoms with Crippen LogP contribution in [0.25, 0.3) is 0 Å². The third-order valence-electron chi connectivity index (χ3n) is 3.60. The summed E-state index contributed by atoms with van der Waals surface area (Å²) in [5.74, 6) is 0.848. The van der Waals surface area contributed by atoms with E-state index < -0.39 is 0 Å². The van der Waals surface area contributed by atoms with Crippen molar-refractivity contribution >= 4 is 33.1 Å². The van der Waals surface area contributed by atoms with Gasteiger partial charge >= 0.3 is 0 Å². The third kappa shape index (κ3) is 3.91. The van der Waals surface area contributed by atoms with Gasteiger partial charge in [0.15, 0.2) is 0 Å². The number of hydrogen-bond donors (Lipinski definition) is 1. The van der Waals surface area contributed by atoms with E-state index >= 15 is 0 Å². The molecule has 0 aliphatic carbocycles. The van der Waals surface area contributed by atoms with Crippen LogP contribution in [0.2, 0.25) is 0 Å². The van der Waals surface area contributed by atoms with Crippen molar-refractivity contribution in [1.29, 1.82) is 0 Å². The Morgan fingerprint density at radius 3 is 2.95 bits per heavy atom. The van der Waals surface area contributed by atoms with E-state index in [0.29, 0.717) is 11.0 Å². The van der Waals surface area contributed by atoms with Gasteiger partial charge in [0, 0.05) is 11.6 Å². The first-order valence-electron chi connectivity index (χ1n) is 6.50. The molecule has 1 atom stereocenters. The van der Waals surface area contributed by atoms with Gasteiger partial charge in [-0.25, -0.2) is 0 Å². The molecule has 1 fully saturated rings. The van der Waals surface area contributed by atoms with Crippen molar-refractivity contribution in [2.24, 2.45) is 5.73 Å². The molecule has 0 aromatic heterocycles. The Morgan fingerprint density at radius 1 is 1.58 bits per heavy atom. The van der Waals surface area contributed by atoms with E-state index in [1.165, 1.54) is 19.4 Å². The molecule has 1 saturated heterocycles. The molecule has 2 rings (SSSR count). The summed E-state index contributed by atoms with van der Waals surface area (Å²) < 4.78 is 6.72. The number of nitrogens with two attached hydrogens (primary N) is 1. The lowest BCUT2D eigenvalue weighted by Gasteiger charge is -2.19. The fraction of sp³-hybridized carbons (Fsp3) is 0.500. The van der Waals surface area contributed by atoms with Crippen molar-refractivity contribution in [3.63, 3.8) is 0 Å². The lowest BCUT2D eigenvalue weighted by Crippen LogP contribution is -2.26. The molecule has 1 heterocycles. The summed E-state index contributed by atoms with van der Waals surface area (Å²) in [6.45, 7) is 1.94. The summed E-state index contributed by atoms with van der Waals surface area (Å²) in [6, 6.07) is 6.37. The first kappa shape index (κ1) is 14.8.